The molecule has 0 aliphatic carbocycles. The highest BCUT2D eigenvalue weighted by atomic mass is 32.2. The molecule has 2 aromatic carbocycles. The van der Waals surface area contributed by atoms with Crippen LogP contribution in [0.4, 0.5) is 17.6 Å². The minimum absolute atomic E-state index is 0.287. The summed E-state index contributed by atoms with van der Waals surface area (Å²) in [5, 5.41) is 18.0. The number of hydrogen-bond acceptors (Lipinski definition) is 2. The van der Waals surface area contributed by atoms with E-state index in [4.69, 9.17) is 0 Å². The lowest BCUT2D eigenvalue weighted by atomic mass is 9.96. The van der Waals surface area contributed by atoms with Crippen molar-refractivity contribution in [1.82, 2.24) is 9.78 Å². The zero-order valence-corrected chi connectivity index (χ0v) is 16.2. The van der Waals surface area contributed by atoms with Crippen LogP contribution < -0.4 is 0 Å². The second-order valence-corrected chi connectivity index (χ2v) is 8.90. The van der Waals surface area contributed by atoms with Gasteiger partial charge >= 0.3 is 6.18 Å². The molecular weight excluding hydrogens is 404 g/mol. The molecule has 1 aliphatic heterocycles. The number of nitrogens with zero attached hydrogens (tertiary/aromatic N) is 2. The van der Waals surface area contributed by atoms with E-state index in [9.17, 15) is 18.3 Å². The molecule has 29 heavy (non-hydrogen) atoms. The third-order valence-electron chi connectivity index (χ3n) is 4.92. The van der Waals surface area contributed by atoms with E-state index in [2.05, 4.69) is 5.10 Å². The number of hydrogen-bond donors (Lipinski definition) is 2. The van der Waals surface area contributed by atoms with Gasteiger partial charge in [0.05, 0.1) is 23.0 Å². The predicted molar refractivity (Wildman–Crippen MR) is 108 cm³/mol. The van der Waals surface area contributed by atoms with E-state index >= 15 is 4.39 Å². The third-order valence-corrected chi connectivity index (χ3v) is 7.02. The molecule has 3 aromatic rings. The molecule has 1 N–H and O–H groups in total. The van der Waals surface area contributed by atoms with Crippen LogP contribution in [0.5, 0.6) is 0 Å². The Balaban J connectivity index is 1.65. The van der Waals surface area contributed by atoms with Gasteiger partial charge in [-0.25, -0.2) is 9.07 Å². The van der Waals surface area contributed by atoms with Crippen LogP contribution in [0, 0.1) is 0 Å². The molecule has 4 rings (SSSR count). The Morgan fingerprint density at radius 2 is 1.83 bits per heavy atom. The first kappa shape index (κ1) is 19.7. The smallest absolute Gasteiger partial charge is 0.382 e. The van der Waals surface area contributed by atoms with Crippen molar-refractivity contribution < 1.29 is 22.7 Å². The summed E-state index contributed by atoms with van der Waals surface area (Å²) in [6.45, 7) is 1.29. The fourth-order valence-corrected chi connectivity index (χ4v) is 5.26. The number of aromatic nitrogens is 2. The van der Waals surface area contributed by atoms with Crippen LogP contribution in [0.25, 0.3) is 16.6 Å². The number of fused-ring (bicyclic) bond motifs is 1. The summed E-state index contributed by atoms with van der Waals surface area (Å²) >= 11 is 0. The van der Waals surface area contributed by atoms with Gasteiger partial charge in [0.25, 0.3) is 0 Å². The second-order valence-electron chi connectivity index (χ2n) is 6.99. The Hall–Kier alpha value is -2.58. The van der Waals surface area contributed by atoms with Crippen molar-refractivity contribution in [1.29, 1.82) is 0 Å². The molecule has 2 heterocycles. The maximum Gasteiger partial charge on any atom is 0.416 e. The maximum absolute atomic E-state index is 15.1. The SMILES string of the molecule is CC(O)(c1ccc2c(cnn2-c2ccccc2)c1)C(F)[SH]1C=CC(C(F)(F)F)=C1. The van der Waals surface area contributed by atoms with Gasteiger partial charge in [-0.2, -0.15) is 29.2 Å². The molecule has 3 nitrogen and oxygen atoms in total. The highest BCUT2D eigenvalue weighted by Crippen LogP contribution is 2.51. The van der Waals surface area contributed by atoms with Gasteiger partial charge in [0.1, 0.15) is 5.60 Å². The average molecular weight is 422 g/mol. The van der Waals surface area contributed by atoms with Gasteiger partial charge in [0.2, 0.25) is 0 Å². The summed E-state index contributed by atoms with van der Waals surface area (Å²) in [5.41, 5.74) is -2.78. The number of thiol groups is 1. The molecule has 1 aromatic heterocycles. The van der Waals surface area contributed by atoms with E-state index in [0.717, 1.165) is 22.7 Å². The molecule has 0 bridgehead atoms. The number of allylic oxidation sites excluding steroid dienone is 2. The highest BCUT2D eigenvalue weighted by molar-refractivity contribution is 8.22. The number of aliphatic hydroxyl groups is 1. The van der Waals surface area contributed by atoms with Crippen LogP contribution in [0.1, 0.15) is 12.5 Å². The zero-order chi connectivity index (χ0) is 20.8. The fraction of sp³-hybridized carbons (Fsp3) is 0.190. The van der Waals surface area contributed by atoms with Crippen molar-refractivity contribution >= 4 is 21.8 Å². The van der Waals surface area contributed by atoms with Gasteiger partial charge in [-0.1, -0.05) is 24.3 Å². The molecule has 0 saturated carbocycles. The van der Waals surface area contributed by atoms with Gasteiger partial charge < -0.3 is 5.11 Å². The predicted octanol–water partition coefficient (Wildman–Crippen LogP) is 5.50. The first-order valence-corrected chi connectivity index (χ1v) is 10.4. The summed E-state index contributed by atoms with van der Waals surface area (Å²) in [6.07, 6.45) is -2.04. The zero-order valence-electron chi connectivity index (χ0n) is 15.3. The average Bonchev–Trinajstić information content (AvgIpc) is 3.34. The van der Waals surface area contributed by atoms with Crippen molar-refractivity contribution in [3.8, 4) is 5.69 Å². The van der Waals surface area contributed by atoms with Crippen LogP contribution in [0.15, 0.2) is 77.2 Å². The largest absolute Gasteiger partial charge is 0.416 e. The Kier molecular flexibility index (Phi) is 4.78. The first-order valence-electron chi connectivity index (χ1n) is 8.83. The Labute approximate surface area is 167 Å². The van der Waals surface area contributed by atoms with Crippen molar-refractivity contribution in [2.45, 2.75) is 24.2 Å². The fourth-order valence-electron chi connectivity index (χ4n) is 3.27. The van der Waals surface area contributed by atoms with Gasteiger partial charge in [0, 0.05) is 5.39 Å². The van der Waals surface area contributed by atoms with Crippen LogP contribution in [0.3, 0.4) is 0 Å². The molecule has 8 heteroatoms. The summed E-state index contributed by atoms with van der Waals surface area (Å²) in [7, 11) is -1.90. The topological polar surface area (TPSA) is 38.1 Å². The summed E-state index contributed by atoms with van der Waals surface area (Å²) in [4.78, 5) is 0. The van der Waals surface area contributed by atoms with Gasteiger partial charge in [-0.15, -0.1) is 0 Å². The van der Waals surface area contributed by atoms with Crippen LogP contribution >= 0.6 is 10.9 Å². The van der Waals surface area contributed by atoms with E-state index in [1.54, 1.807) is 29.1 Å². The van der Waals surface area contributed by atoms with Gasteiger partial charge in [0.15, 0.2) is 5.50 Å². The Morgan fingerprint density at radius 3 is 2.48 bits per heavy atom. The van der Waals surface area contributed by atoms with Crippen LogP contribution in [-0.4, -0.2) is 26.6 Å². The Bertz CT molecular complexity index is 1100. The van der Waals surface area contributed by atoms with Crippen LogP contribution in [0.2, 0.25) is 0 Å². The van der Waals surface area contributed by atoms with E-state index < -0.39 is 33.7 Å². The lowest BCUT2D eigenvalue weighted by Crippen LogP contribution is -2.32. The molecule has 3 unspecified atom stereocenters. The van der Waals surface area contributed by atoms with Gasteiger partial charge in [-0.05, 0) is 53.6 Å². The highest BCUT2D eigenvalue weighted by Gasteiger charge is 2.41. The third kappa shape index (κ3) is 3.58. The Morgan fingerprint density at radius 1 is 1.10 bits per heavy atom. The lowest BCUT2D eigenvalue weighted by Gasteiger charge is -2.32. The van der Waals surface area contributed by atoms with E-state index in [1.807, 2.05) is 30.3 Å². The summed E-state index contributed by atoms with van der Waals surface area (Å²) in [5.74, 6) is 0. The van der Waals surface area contributed by atoms with Crippen molar-refractivity contribution in [3.63, 3.8) is 0 Å². The second kappa shape index (κ2) is 7.03. The quantitative estimate of drug-likeness (QED) is 0.430. The molecular formula is C21H18F4N2OS. The maximum atomic E-state index is 15.1. The molecule has 0 fully saturated rings. The minimum atomic E-state index is -4.52. The van der Waals surface area contributed by atoms with Crippen molar-refractivity contribution in [3.05, 3.63) is 82.8 Å². The molecule has 3 atom stereocenters. The number of alkyl halides is 4. The van der Waals surface area contributed by atoms with E-state index in [1.165, 1.54) is 12.3 Å². The molecule has 0 amide bonds. The molecule has 0 spiro atoms. The number of rotatable bonds is 4. The normalized spacial score (nSPS) is 21.2. The monoisotopic (exact) mass is 422 g/mol. The molecule has 1 aliphatic rings. The molecule has 0 radical (unpaired) electrons. The first-order chi connectivity index (χ1) is 13.7. The van der Waals surface area contributed by atoms with Crippen LogP contribution in [-0.2, 0) is 5.60 Å². The molecule has 152 valence electrons. The van der Waals surface area contributed by atoms with Crippen molar-refractivity contribution in [2.75, 3.05) is 0 Å². The number of para-hydroxylation sites is 1. The van der Waals surface area contributed by atoms with E-state index in [-0.39, 0.29) is 5.56 Å². The standard InChI is InChI=1S/C21H18F4N2OS/c1-20(28,19(22)29-10-9-16(13-29)21(23,24)25)15-7-8-18-14(11-15)12-26-27(18)17-5-3-2-4-6-17/h2-13,19,28-29H,1H3. The lowest BCUT2D eigenvalue weighted by molar-refractivity contribution is -0.0878. The summed E-state index contributed by atoms with van der Waals surface area (Å²) in [6, 6.07) is 14.4. The summed E-state index contributed by atoms with van der Waals surface area (Å²) < 4.78 is 55.3. The molecule has 0 saturated heterocycles. The number of benzene rings is 2. The minimum Gasteiger partial charge on any atom is -0.382 e. The van der Waals surface area contributed by atoms with E-state index in [0.29, 0.717) is 5.39 Å². The van der Waals surface area contributed by atoms with Crippen molar-refractivity contribution in [2.24, 2.45) is 0 Å². The van der Waals surface area contributed by atoms with Gasteiger partial charge in [-0.3, -0.25) is 0 Å². The number of halogens is 4.